The minimum Gasteiger partial charge on any atom is -0.493 e. The van der Waals surface area contributed by atoms with Gasteiger partial charge in [0.1, 0.15) is 6.61 Å². The number of pyridine rings is 1. The SMILES string of the molecule is COc1ccc2c(Nc3c(Cl)cncc3Cl)cc(=O)oc2c1OCc1ccccc1[N+](=O)[O-]. The number of nitrogens with one attached hydrogen (secondary N) is 1. The van der Waals surface area contributed by atoms with Crippen LogP contribution in [0, 0.1) is 10.1 Å². The second kappa shape index (κ2) is 9.35. The first-order valence-electron chi connectivity index (χ1n) is 9.45. The number of halogens is 2. The molecule has 2 aromatic carbocycles. The molecule has 0 atom stereocenters. The van der Waals surface area contributed by atoms with Crippen molar-refractivity contribution in [3.63, 3.8) is 0 Å². The molecule has 0 saturated heterocycles. The Morgan fingerprint density at radius 2 is 1.88 bits per heavy atom. The quantitative estimate of drug-likeness (QED) is 0.199. The summed E-state index contributed by atoms with van der Waals surface area (Å²) >= 11 is 12.4. The van der Waals surface area contributed by atoms with E-state index in [0.717, 1.165) is 0 Å². The van der Waals surface area contributed by atoms with Crippen LogP contribution >= 0.6 is 23.2 Å². The first-order chi connectivity index (χ1) is 15.9. The smallest absolute Gasteiger partial charge is 0.338 e. The molecule has 33 heavy (non-hydrogen) atoms. The fraction of sp³-hybridized carbons (Fsp3) is 0.0909. The van der Waals surface area contributed by atoms with Crippen LogP contribution in [0.2, 0.25) is 10.0 Å². The van der Waals surface area contributed by atoms with E-state index in [1.807, 2.05) is 0 Å². The average molecular weight is 488 g/mol. The van der Waals surface area contributed by atoms with E-state index in [2.05, 4.69) is 10.3 Å². The van der Waals surface area contributed by atoms with Gasteiger partial charge >= 0.3 is 5.63 Å². The summed E-state index contributed by atoms with van der Waals surface area (Å²) < 4.78 is 16.7. The van der Waals surface area contributed by atoms with Crippen LogP contribution in [0.4, 0.5) is 17.1 Å². The Kier molecular flexibility index (Phi) is 6.34. The monoisotopic (exact) mass is 487 g/mol. The van der Waals surface area contributed by atoms with E-state index in [1.54, 1.807) is 30.3 Å². The summed E-state index contributed by atoms with van der Waals surface area (Å²) in [6.07, 6.45) is 2.82. The summed E-state index contributed by atoms with van der Waals surface area (Å²) in [5.41, 5.74) is 0.378. The molecule has 0 saturated carbocycles. The Morgan fingerprint density at radius 3 is 2.58 bits per heavy atom. The number of nitro groups is 1. The Balaban J connectivity index is 1.80. The van der Waals surface area contributed by atoms with E-state index >= 15 is 0 Å². The van der Waals surface area contributed by atoms with Gasteiger partial charge in [-0.25, -0.2) is 4.79 Å². The number of nitrogens with zero attached hydrogens (tertiary/aromatic N) is 2. The van der Waals surface area contributed by atoms with Crippen molar-refractivity contribution in [2.24, 2.45) is 0 Å². The van der Waals surface area contributed by atoms with Crippen LogP contribution in [0.5, 0.6) is 11.5 Å². The molecule has 11 heteroatoms. The third kappa shape index (κ3) is 4.55. The van der Waals surface area contributed by atoms with Crippen molar-refractivity contribution in [1.29, 1.82) is 0 Å². The zero-order valence-corrected chi connectivity index (χ0v) is 18.5. The highest BCUT2D eigenvalue weighted by atomic mass is 35.5. The van der Waals surface area contributed by atoms with Crippen LogP contribution in [0.1, 0.15) is 5.56 Å². The zero-order valence-electron chi connectivity index (χ0n) is 17.0. The summed E-state index contributed by atoms with van der Waals surface area (Å²) in [7, 11) is 1.43. The number of benzene rings is 2. The van der Waals surface area contributed by atoms with E-state index in [1.165, 1.54) is 31.6 Å². The lowest BCUT2D eigenvalue weighted by Gasteiger charge is -2.15. The van der Waals surface area contributed by atoms with Gasteiger partial charge in [0.25, 0.3) is 5.69 Å². The summed E-state index contributed by atoms with van der Waals surface area (Å²) in [5, 5.41) is 15.3. The molecule has 0 fully saturated rings. The normalized spacial score (nSPS) is 10.8. The first kappa shape index (κ1) is 22.4. The van der Waals surface area contributed by atoms with Crippen molar-refractivity contribution < 1.29 is 18.8 Å². The second-order valence-electron chi connectivity index (χ2n) is 6.73. The number of anilines is 2. The Labute approximate surface area is 196 Å². The van der Waals surface area contributed by atoms with Crippen LogP contribution in [0.3, 0.4) is 0 Å². The lowest BCUT2D eigenvalue weighted by Crippen LogP contribution is -2.05. The highest BCUT2D eigenvalue weighted by molar-refractivity contribution is 6.39. The van der Waals surface area contributed by atoms with E-state index in [9.17, 15) is 14.9 Å². The van der Waals surface area contributed by atoms with Crippen molar-refractivity contribution in [3.8, 4) is 11.5 Å². The largest absolute Gasteiger partial charge is 0.493 e. The maximum absolute atomic E-state index is 12.4. The summed E-state index contributed by atoms with van der Waals surface area (Å²) in [4.78, 5) is 27.1. The van der Waals surface area contributed by atoms with Crippen LogP contribution < -0.4 is 20.4 Å². The second-order valence-corrected chi connectivity index (χ2v) is 7.54. The average Bonchev–Trinajstić information content (AvgIpc) is 2.79. The maximum Gasteiger partial charge on any atom is 0.338 e. The number of para-hydroxylation sites is 1. The number of methoxy groups -OCH3 is 1. The molecule has 0 spiro atoms. The maximum atomic E-state index is 12.4. The fourth-order valence-electron chi connectivity index (χ4n) is 3.21. The van der Waals surface area contributed by atoms with Crippen LogP contribution in [-0.2, 0) is 6.61 Å². The van der Waals surface area contributed by atoms with Crippen LogP contribution in [0.25, 0.3) is 11.0 Å². The summed E-state index contributed by atoms with van der Waals surface area (Å²) in [5.74, 6) is 0.391. The van der Waals surface area contributed by atoms with Gasteiger partial charge in [0, 0.05) is 29.9 Å². The molecule has 2 heterocycles. The van der Waals surface area contributed by atoms with Crippen LogP contribution in [0.15, 0.2) is 64.1 Å². The van der Waals surface area contributed by atoms with Gasteiger partial charge in [-0.2, -0.15) is 0 Å². The van der Waals surface area contributed by atoms with E-state index in [-0.39, 0.29) is 39.4 Å². The topological polar surface area (TPSA) is 117 Å². The fourth-order valence-corrected chi connectivity index (χ4v) is 3.67. The summed E-state index contributed by atoms with van der Waals surface area (Å²) in [6, 6.07) is 10.7. The lowest BCUT2D eigenvalue weighted by atomic mass is 10.1. The van der Waals surface area contributed by atoms with E-state index in [4.69, 9.17) is 37.1 Å². The molecule has 0 aliphatic rings. The third-order valence-electron chi connectivity index (χ3n) is 4.72. The molecule has 168 valence electrons. The minimum absolute atomic E-state index is 0.0873. The molecule has 0 bridgehead atoms. The standard InChI is InChI=1S/C22H15Cl2N3O6/c1-31-18-7-6-13-16(26-20-14(23)9-25-10-15(20)24)8-19(28)33-21(13)22(18)32-11-12-4-2-3-5-17(12)27(29)30/h2-10H,11H2,1H3,(H,25,26). The number of hydrogen-bond donors (Lipinski definition) is 1. The van der Waals surface area contributed by atoms with Gasteiger partial charge in [0.15, 0.2) is 11.3 Å². The lowest BCUT2D eigenvalue weighted by molar-refractivity contribution is -0.385. The third-order valence-corrected chi connectivity index (χ3v) is 5.30. The van der Waals surface area contributed by atoms with Gasteiger partial charge in [-0.15, -0.1) is 0 Å². The molecule has 1 N–H and O–H groups in total. The van der Waals surface area contributed by atoms with E-state index in [0.29, 0.717) is 22.3 Å². The predicted octanol–water partition coefficient (Wildman–Crippen LogP) is 5.73. The van der Waals surface area contributed by atoms with Gasteiger partial charge in [-0.1, -0.05) is 35.3 Å². The first-order valence-corrected chi connectivity index (χ1v) is 10.2. The Bertz CT molecular complexity index is 1400. The van der Waals surface area contributed by atoms with Crippen molar-refractivity contribution in [2.45, 2.75) is 6.61 Å². The minimum atomic E-state index is -0.671. The van der Waals surface area contributed by atoms with Gasteiger partial charge in [0.2, 0.25) is 5.75 Å². The Morgan fingerprint density at radius 1 is 1.15 bits per heavy atom. The molecular weight excluding hydrogens is 473 g/mol. The van der Waals surface area contributed by atoms with Crippen molar-refractivity contribution in [1.82, 2.24) is 4.98 Å². The van der Waals surface area contributed by atoms with Gasteiger partial charge in [0.05, 0.1) is 39.0 Å². The van der Waals surface area contributed by atoms with Gasteiger partial charge in [-0.05, 0) is 18.2 Å². The number of fused-ring (bicyclic) bond motifs is 1. The summed E-state index contributed by atoms with van der Waals surface area (Å²) in [6.45, 7) is -0.157. The molecule has 0 aliphatic carbocycles. The molecule has 4 rings (SSSR count). The highest BCUT2D eigenvalue weighted by Gasteiger charge is 2.19. The molecule has 4 aromatic rings. The van der Waals surface area contributed by atoms with Gasteiger partial charge in [-0.3, -0.25) is 15.1 Å². The molecular formula is C22H15Cl2N3O6. The predicted molar refractivity (Wildman–Crippen MR) is 124 cm³/mol. The molecule has 0 radical (unpaired) electrons. The number of ether oxygens (including phenoxy) is 2. The molecule has 0 amide bonds. The van der Waals surface area contributed by atoms with Crippen molar-refractivity contribution in [2.75, 3.05) is 12.4 Å². The molecule has 0 unspecified atom stereocenters. The number of nitro benzene ring substituents is 1. The highest BCUT2D eigenvalue weighted by Crippen LogP contribution is 2.40. The molecule has 9 nitrogen and oxygen atoms in total. The van der Waals surface area contributed by atoms with Crippen LogP contribution in [-0.4, -0.2) is 17.0 Å². The Hall–Kier alpha value is -3.82. The number of aromatic nitrogens is 1. The molecule has 0 aliphatic heterocycles. The van der Waals surface area contributed by atoms with E-state index < -0.39 is 10.5 Å². The number of rotatable bonds is 7. The zero-order chi connectivity index (χ0) is 23.5. The van der Waals surface area contributed by atoms with Crippen molar-refractivity contribution >= 4 is 51.2 Å². The van der Waals surface area contributed by atoms with Crippen molar-refractivity contribution in [3.05, 3.63) is 91.0 Å². The number of hydrogen-bond acceptors (Lipinski definition) is 8. The van der Waals surface area contributed by atoms with Gasteiger partial charge < -0.3 is 19.2 Å². The molecule has 2 aromatic heterocycles.